The van der Waals surface area contributed by atoms with E-state index in [-0.39, 0.29) is 16.9 Å². The zero-order valence-electron chi connectivity index (χ0n) is 16.0. The molecule has 1 fully saturated rings. The summed E-state index contributed by atoms with van der Waals surface area (Å²) in [4.78, 5) is 0.244. The van der Waals surface area contributed by atoms with Crippen molar-refractivity contribution >= 4 is 15.7 Å². The van der Waals surface area contributed by atoms with Gasteiger partial charge in [-0.25, -0.2) is 8.42 Å². The molecule has 1 heterocycles. The number of benzene rings is 2. The molecule has 1 aliphatic heterocycles. The second kappa shape index (κ2) is 6.33. The van der Waals surface area contributed by atoms with Gasteiger partial charge >= 0.3 is 0 Å². The monoisotopic (exact) mass is 387 g/mol. The Morgan fingerprint density at radius 2 is 1.67 bits per heavy atom. The molecule has 27 heavy (non-hydrogen) atoms. The Bertz CT molecular complexity index is 984. The SMILES string of the molecule is CO[C@H]1C[C@H]2c3c(C)ccc(C)c3N(S(=O)(=O)c3ccc(C)cc3)[C@H]2[C@@H]1O. The van der Waals surface area contributed by atoms with Crippen molar-refractivity contribution in [2.45, 2.75) is 56.3 Å². The average molecular weight is 388 g/mol. The highest BCUT2D eigenvalue weighted by atomic mass is 32.2. The normalized spacial score (nSPS) is 26.9. The van der Waals surface area contributed by atoms with Crippen molar-refractivity contribution in [3.8, 4) is 0 Å². The van der Waals surface area contributed by atoms with E-state index >= 15 is 0 Å². The van der Waals surface area contributed by atoms with Crippen LogP contribution in [0.5, 0.6) is 0 Å². The van der Waals surface area contributed by atoms with E-state index in [2.05, 4.69) is 0 Å². The third kappa shape index (κ3) is 2.62. The minimum Gasteiger partial charge on any atom is -0.388 e. The molecule has 0 radical (unpaired) electrons. The van der Waals surface area contributed by atoms with Crippen molar-refractivity contribution in [3.63, 3.8) is 0 Å². The molecule has 0 saturated heterocycles. The molecule has 2 aromatic carbocycles. The topological polar surface area (TPSA) is 66.8 Å². The zero-order chi connectivity index (χ0) is 19.5. The van der Waals surface area contributed by atoms with Crippen LogP contribution in [-0.2, 0) is 14.8 Å². The van der Waals surface area contributed by atoms with Crippen LogP contribution in [0.2, 0.25) is 0 Å². The van der Waals surface area contributed by atoms with Crippen LogP contribution < -0.4 is 4.31 Å². The number of anilines is 1. The summed E-state index contributed by atoms with van der Waals surface area (Å²) in [5.74, 6) is -0.0694. The van der Waals surface area contributed by atoms with Crippen LogP contribution in [0.4, 0.5) is 5.69 Å². The fraction of sp³-hybridized carbons (Fsp3) is 0.429. The molecular weight excluding hydrogens is 362 g/mol. The molecule has 2 aromatic rings. The summed E-state index contributed by atoms with van der Waals surface area (Å²) in [6.45, 7) is 5.86. The summed E-state index contributed by atoms with van der Waals surface area (Å²) in [5, 5.41) is 10.9. The number of aryl methyl sites for hydroxylation is 3. The molecule has 0 aromatic heterocycles. The Balaban J connectivity index is 1.94. The number of fused-ring (bicyclic) bond motifs is 3. The molecule has 0 amide bonds. The van der Waals surface area contributed by atoms with Gasteiger partial charge in [-0.05, 0) is 56.0 Å². The van der Waals surface area contributed by atoms with E-state index in [0.717, 1.165) is 27.9 Å². The molecule has 4 rings (SSSR count). The molecule has 0 bridgehead atoms. The van der Waals surface area contributed by atoms with Gasteiger partial charge in [0.15, 0.2) is 0 Å². The van der Waals surface area contributed by atoms with Crippen molar-refractivity contribution < 1.29 is 18.3 Å². The maximum atomic E-state index is 13.6. The summed E-state index contributed by atoms with van der Waals surface area (Å²) < 4.78 is 34.2. The molecule has 5 nitrogen and oxygen atoms in total. The van der Waals surface area contributed by atoms with Crippen LogP contribution >= 0.6 is 0 Å². The van der Waals surface area contributed by atoms with Gasteiger partial charge in [0.2, 0.25) is 0 Å². The highest BCUT2D eigenvalue weighted by molar-refractivity contribution is 7.93. The van der Waals surface area contributed by atoms with Crippen LogP contribution in [-0.4, -0.2) is 38.9 Å². The van der Waals surface area contributed by atoms with Gasteiger partial charge < -0.3 is 9.84 Å². The molecule has 144 valence electrons. The van der Waals surface area contributed by atoms with Gasteiger partial charge in [0.1, 0.15) is 6.10 Å². The fourth-order valence-corrected chi connectivity index (χ4v) is 6.43. The Morgan fingerprint density at radius 1 is 1.04 bits per heavy atom. The molecule has 0 unspecified atom stereocenters. The van der Waals surface area contributed by atoms with Crippen LogP contribution in [0.25, 0.3) is 0 Å². The molecule has 0 spiro atoms. The van der Waals surface area contributed by atoms with Crippen molar-refractivity contribution in [2.24, 2.45) is 0 Å². The molecule has 1 saturated carbocycles. The number of ether oxygens (including phenoxy) is 1. The van der Waals surface area contributed by atoms with Gasteiger partial charge in [-0.2, -0.15) is 0 Å². The predicted molar refractivity (Wildman–Crippen MR) is 105 cm³/mol. The molecule has 2 aliphatic rings. The van der Waals surface area contributed by atoms with Gasteiger partial charge in [-0.1, -0.05) is 29.8 Å². The highest BCUT2D eigenvalue weighted by Gasteiger charge is 2.56. The predicted octanol–water partition coefficient (Wildman–Crippen LogP) is 3.05. The van der Waals surface area contributed by atoms with Crippen molar-refractivity contribution in [2.75, 3.05) is 11.4 Å². The van der Waals surface area contributed by atoms with E-state index in [9.17, 15) is 13.5 Å². The lowest BCUT2D eigenvalue weighted by Crippen LogP contribution is -2.46. The van der Waals surface area contributed by atoms with Gasteiger partial charge in [-0.15, -0.1) is 0 Å². The van der Waals surface area contributed by atoms with Crippen molar-refractivity contribution in [3.05, 3.63) is 58.7 Å². The summed E-state index contributed by atoms with van der Waals surface area (Å²) in [6.07, 6.45) is -0.630. The summed E-state index contributed by atoms with van der Waals surface area (Å²) in [5.41, 5.74) is 4.70. The van der Waals surface area contributed by atoms with Crippen molar-refractivity contribution in [1.82, 2.24) is 0 Å². The van der Waals surface area contributed by atoms with E-state index in [0.29, 0.717) is 6.42 Å². The first kappa shape index (κ1) is 18.5. The Hall–Kier alpha value is -1.89. The fourth-order valence-electron chi connectivity index (χ4n) is 4.65. The van der Waals surface area contributed by atoms with E-state index < -0.39 is 22.2 Å². The largest absolute Gasteiger partial charge is 0.388 e. The van der Waals surface area contributed by atoms with E-state index in [1.807, 2.05) is 32.9 Å². The molecule has 6 heteroatoms. The van der Waals surface area contributed by atoms with E-state index in [1.54, 1.807) is 31.4 Å². The number of aliphatic hydroxyl groups excluding tert-OH is 1. The van der Waals surface area contributed by atoms with Crippen LogP contribution in [0.3, 0.4) is 0 Å². The minimum atomic E-state index is -3.81. The maximum Gasteiger partial charge on any atom is 0.264 e. The first-order valence-electron chi connectivity index (χ1n) is 9.19. The van der Waals surface area contributed by atoms with Gasteiger partial charge in [-0.3, -0.25) is 4.31 Å². The lowest BCUT2D eigenvalue weighted by molar-refractivity contribution is 0.00485. The molecule has 4 atom stereocenters. The molecule has 1 aliphatic carbocycles. The number of hydrogen-bond donors (Lipinski definition) is 1. The standard InChI is InChI=1S/C21H25NO4S/c1-12-5-9-15(10-6-12)27(24,25)22-19-14(3)8-7-13(2)18(19)16-11-17(26-4)21(23)20(16)22/h5-10,16-17,20-21,23H,11H2,1-4H3/t16-,17-,20+,21+/m0/s1. The first-order chi connectivity index (χ1) is 12.8. The van der Waals surface area contributed by atoms with E-state index in [1.165, 1.54) is 4.31 Å². The third-order valence-corrected chi connectivity index (χ3v) is 7.82. The number of aliphatic hydroxyl groups is 1. The summed E-state index contributed by atoms with van der Waals surface area (Å²) in [7, 11) is -2.24. The molecule has 1 N–H and O–H groups in total. The Morgan fingerprint density at radius 3 is 2.30 bits per heavy atom. The van der Waals surface area contributed by atoms with Crippen LogP contribution in [0.15, 0.2) is 41.3 Å². The number of methoxy groups -OCH3 is 1. The number of nitrogens with zero attached hydrogens (tertiary/aromatic N) is 1. The van der Waals surface area contributed by atoms with Gasteiger partial charge in [0, 0.05) is 13.0 Å². The number of hydrogen-bond acceptors (Lipinski definition) is 4. The van der Waals surface area contributed by atoms with Crippen LogP contribution in [0, 0.1) is 20.8 Å². The summed E-state index contributed by atoms with van der Waals surface area (Å²) >= 11 is 0. The van der Waals surface area contributed by atoms with Gasteiger partial charge in [0.25, 0.3) is 10.0 Å². The minimum absolute atomic E-state index is 0.0694. The van der Waals surface area contributed by atoms with Crippen LogP contribution in [0.1, 0.15) is 34.6 Å². The lowest BCUT2D eigenvalue weighted by atomic mass is 9.92. The lowest BCUT2D eigenvalue weighted by Gasteiger charge is -2.30. The zero-order valence-corrected chi connectivity index (χ0v) is 16.8. The Labute approximate surface area is 160 Å². The maximum absolute atomic E-state index is 13.6. The second-order valence-electron chi connectivity index (χ2n) is 7.67. The summed E-state index contributed by atoms with van der Waals surface area (Å²) in [6, 6.07) is 10.3. The average Bonchev–Trinajstić information content (AvgIpc) is 3.14. The number of sulfonamides is 1. The quantitative estimate of drug-likeness (QED) is 0.879. The second-order valence-corrected chi connectivity index (χ2v) is 9.49. The third-order valence-electron chi connectivity index (χ3n) is 6.01. The highest BCUT2D eigenvalue weighted by Crippen LogP contribution is 2.54. The Kier molecular flexibility index (Phi) is 4.33. The number of rotatable bonds is 3. The smallest absolute Gasteiger partial charge is 0.264 e. The van der Waals surface area contributed by atoms with Gasteiger partial charge in [0.05, 0.1) is 22.7 Å². The van der Waals surface area contributed by atoms with E-state index in [4.69, 9.17) is 4.74 Å². The molecular formula is C21H25NO4S. The first-order valence-corrected chi connectivity index (χ1v) is 10.6. The van der Waals surface area contributed by atoms with Crippen molar-refractivity contribution in [1.29, 1.82) is 0 Å².